The number of thioether (sulfide) groups is 1. The Morgan fingerprint density at radius 3 is 2.70 bits per heavy atom. The molecule has 0 spiro atoms. The van der Waals surface area contributed by atoms with Crippen molar-refractivity contribution in [3.63, 3.8) is 0 Å². The van der Waals surface area contributed by atoms with Gasteiger partial charge < -0.3 is 15.4 Å². The zero-order chi connectivity index (χ0) is 24.1. The van der Waals surface area contributed by atoms with Gasteiger partial charge in [-0.15, -0.1) is 0 Å². The number of rotatable bonds is 6. The third kappa shape index (κ3) is 5.77. The van der Waals surface area contributed by atoms with E-state index in [-0.39, 0.29) is 22.3 Å². The van der Waals surface area contributed by atoms with Gasteiger partial charge in [-0.1, -0.05) is 57.5 Å². The van der Waals surface area contributed by atoms with Crippen molar-refractivity contribution in [2.24, 2.45) is 5.92 Å². The number of anilines is 1. The maximum atomic E-state index is 12.8. The van der Waals surface area contributed by atoms with Crippen molar-refractivity contribution in [1.29, 1.82) is 5.26 Å². The molecule has 0 saturated carbocycles. The molecule has 0 fully saturated rings. The molecule has 0 unspecified atom stereocenters. The van der Waals surface area contributed by atoms with Gasteiger partial charge in [0.1, 0.15) is 5.92 Å². The molecule has 0 aromatic heterocycles. The third-order valence-electron chi connectivity index (χ3n) is 4.99. The Labute approximate surface area is 208 Å². The van der Waals surface area contributed by atoms with E-state index in [1.807, 2.05) is 6.92 Å². The first-order chi connectivity index (χ1) is 15.7. The topological polar surface area (TPSA) is 108 Å². The molecule has 1 aliphatic rings. The van der Waals surface area contributed by atoms with Gasteiger partial charge in [0, 0.05) is 21.1 Å². The molecule has 2 N–H and O–H groups in total. The van der Waals surface area contributed by atoms with E-state index in [4.69, 9.17) is 16.3 Å². The number of carbonyl (C=O) groups excluding carboxylic acids is 3. The van der Waals surface area contributed by atoms with Crippen LogP contribution in [0.25, 0.3) is 0 Å². The summed E-state index contributed by atoms with van der Waals surface area (Å²) in [6.07, 6.45) is 0. The molecule has 1 heterocycles. The van der Waals surface area contributed by atoms with Crippen molar-refractivity contribution in [3.8, 4) is 6.07 Å². The van der Waals surface area contributed by atoms with E-state index < -0.39 is 23.7 Å². The molecule has 170 valence electrons. The largest absolute Gasteiger partial charge is 0.468 e. The van der Waals surface area contributed by atoms with Crippen LogP contribution in [-0.2, 0) is 19.1 Å². The van der Waals surface area contributed by atoms with Gasteiger partial charge in [0.05, 0.1) is 29.5 Å². The van der Waals surface area contributed by atoms with Crippen LogP contribution < -0.4 is 10.6 Å². The van der Waals surface area contributed by atoms with Crippen LogP contribution in [0.5, 0.6) is 0 Å². The minimum atomic E-state index is -1.23. The van der Waals surface area contributed by atoms with Gasteiger partial charge in [0.2, 0.25) is 11.8 Å². The zero-order valence-corrected chi connectivity index (χ0v) is 20.8. The lowest BCUT2D eigenvalue weighted by Crippen LogP contribution is -2.44. The summed E-state index contributed by atoms with van der Waals surface area (Å²) in [5, 5.41) is 16.0. The normalized spacial score (nSPS) is 17.7. The lowest BCUT2D eigenvalue weighted by molar-refractivity contribution is -0.150. The molecule has 2 atom stereocenters. The molecule has 33 heavy (non-hydrogen) atoms. The molecular formula is C23H19BrClN3O4S. The van der Waals surface area contributed by atoms with Crippen LogP contribution in [0.1, 0.15) is 17.0 Å². The van der Waals surface area contributed by atoms with Gasteiger partial charge in [-0.3, -0.25) is 14.4 Å². The van der Waals surface area contributed by atoms with Gasteiger partial charge in [-0.05, 0) is 42.3 Å². The molecule has 10 heteroatoms. The molecule has 3 rings (SSSR count). The second-order valence-electron chi connectivity index (χ2n) is 7.18. The summed E-state index contributed by atoms with van der Waals surface area (Å²) in [5.41, 5.74) is 2.20. The van der Waals surface area contributed by atoms with Gasteiger partial charge in [-0.2, -0.15) is 5.26 Å². The molecule has 0 aliphatic carbocycles. The number of methoxy groups -OCH3 is 1. The van der Waals surface area contributed by atoms with Gasteiger partial charge in [-0.25, -0.2) is 0 Å². The van der Waals surface area contributed by atoms with E-state index in [1.165, 1.54) is 7.11 Å². The third-order valence-corrected chi connectivity index (χ3v) is 6.91. The number of esters is 1. The van der Waals surface area contributed by atoms with E-state index in [0.29, 0.717) is 16.3 Å². The number of nitriles is 1. The smallest absolute Gasteiger partial charge is 0.319 e. The Morgan fingerprint density at radius 1 is 1.30 bits per heavy atom. The summed E-state index contributed by atoms with van der Waals surface area (Å²) in [7, 11) is 1.19. The Kier molecular flexibility index (Phi) is 8.19. The number of ether oxygens (including phenoxy) is 1. The van der Waals surface area contributed by atoms with Crippen molar-refractivity contribution >= 4 is 62.8 Å². The molecule has 0 saturated heterocycles. The quantitative estimate of drug-likeness (QED) is 0.406. The summed E-state index contributed by atoms with van der Waals surface area (Å²) < 4.78 is 5.56. The van der Waals surface area contributed by atoms with E-state index in [9.17, 15) is 19.6 Å². The first-order valence-corrected chi connectivity index (χ1v) is 11.9. The van der Waals surface area contributed by atoms with Crippen molar-refractivity contribution in [2.45, 2.75) is 12.8 Å². The summed E-state index contributed by atoms with van der Waals surface area (Å²) in [4.78, 5) is 37.7. The lowest BCUT2D eigenvalue weighted by Gasteiger charge is -2.31. The fourth-order valence-corrected chi connectivity index (χ4v) is 4.83. The van der Waals surface area contributed by atoms with Gasteiger partial charge in [0.15, 0.2) is 0 Å². The molecule has 0 radical (unpaired) electrons. The predicted octanol–water partition coefficient (Wildman–Crippen LogP) is 4.52. The van der Waals surface area contributed by atoms with Crippen LogP contribution in [0.2, 0.25) is 5.02 Å². The number of nitrogens with one attached hydrogen (secondary N) is 2. The van der Waals surface area contributed by atoms with Gasteiger partial charge in [0.25, 0.3) is 0 Å². The van der Waals surface area contributed by atoms with Crippen LogP contribution in [0.15, 0.2) is 57.5 Å². The number of aryl methyl sites for hydroxylation is 1. The molecule has 2 aromatic rings. The van der Waals surface area contributed by atoms with Crippen LogP contribution in [0.4, 0.5) is 5.69 Å². The number of halogens is 2. The molecule has 2 amide bonds. The maximum absolute atomic E-state index is 12.8. The monoisotopic (exact) mass is 547 g/mol. The highest BCUT2D eigenvalue weighted by molar-refractivity contribution is 9.10. The Hall–Kier alpha value is -2.80. The molecule has 7 nitrogen and oxygen atoms in total. The van der Waals surface area contributed by atoms with Gasteiger partial charge >= 0.3 is 5.97 Å². The number of allylic oxidation sites excluding steroid dienone is 1. The number of nitrogens with zero attached hydrogens (tertiary/aromatic N) is 1. The molecular weight excluding hydrogens is 530 g/mol. The second kappa shape index (κ2) is 10.9. The van der Waals surface area contributed by atoms with Crippen LogP contribution in [-0.4, -0.2) is 30.6 Å². The summed E-state index contributed by atoms with van der Waals surface area (Å²) in [6, 6.07) is 14.3. The van der Waals surface area contributed by atoms with Crippen molar-refractivity contribution in [1.82, 2.24) is 5.32 Å². The molecule has 0 bridgehead atoms. The van der Waals surface area contributed by atoms with Crippen molar-refractivity contribution < 1.29 is 19.1 Å². The predicted molar refractivity (Wildman–Crippen MR) is 130 cm³/mol. The SMILES string of the molecule is COC(=O)[C@H]1C(=O)NC(SCC(=O)Nc2ccc(C)c(Cl)c2)=C(C#N)[C@@H]1c1cccc(Br)c1. The van der Waals surface area contributed by atoms with E-state index >= 15 is 0 Å². The summed E-state index contributed by atoms with van der Waals surface area (Å²) in [5.74, 6) is -3.84. The van der Waals surface area contributed by atoms with E-state index in [0.717, 1.165) is 21.8 Å². The van der Waals surface area contributed by atoms with E-state index in [2.05, 4.69) is 32.6 Å². The van der Waals surface area contributed by atoms with Crippen LogP contribution in [0.3, 0.4) is 0 Å². The van der Waals surface area contributed by atoms with Crippen molar-refractivity contribution in [2.75, 3.05) is 18.2 Å². The minimum Gasteiger partial charge on any atom is -0.468 e. The molecule has 1 aliphatic heterocycles. The highest BCUT2D eigenvalue weighted by atomic mass is 79.9. The second-order valence-corrected chi connectivity index (χ2v) is 9.49. The average molecular weight is 549 g/mol. The lowest BCUT2D eigenvalue weighted by atomic mass is 9.78. The fraction of sp³-hybridized carbons (Fsp3) is 0.217. The van der Waals surface area contributed by atoms with Crippen LogP contribution >= 0.6 is 39.3 Å². The number of benzene rings is 2. The Morgan fingerprint density at radius 2 is 2.06 bits per heavy atom. The summed E-state index contributed by atoms with van der Waals surface area (Å²) in [6.45, 7) is 1.86. The molecule has 2 aromatic carbocycles. The Balaban J connectivity index is 1.88. The minimum absolute atomic E-state index is 0.0691. The van der Waals surface area contributed by atoms with Crippen LogP contribution in [0, 0.1) is 24.2 Å². The number of hydrogen-bond donors (Lipinski definition) is 2. The van der Waals surface area contributed by atoms with Crippen molar-refractivity contribution in [3.05, 3.63) is 73.7 Å². The first kappa shape index (κ1) is 24.8. The first-order valence-electron chi connectivity index (χ1n) is 9.72. The number of carbonyl (C=O) groups is 3. The average Bonchev–Trinajstić information content (AvgIpc) is 2.79. The maximum Gasteiger partial charge on any atom is 0.319 e. The summed E-state index contributed by atoms with van der Waals surface area (Å²) >= 11 is 10.5. The van der Waals surface area contributed by atoms with E-state index in [1.54, 1.807) is 42.5 Å². The standard InChI is InChI=1S/C23H19BrClN3O4S/c1-12-6-7-15(9-17(12)25)27-18(29)11-33-22-16(10-26)19(13-4-3-5-14(24)8-13)20(21(30)28-22)23(31)32-2/h3-9,19-20H,11H2,1-2H3,(H,27,29)(H,28,30)/t19-,20+/m0/s1. The number of amides is 2. The Bertz CT molecular complexity index is 1190. The zero-order valence-electron chi connectivity index (χ0n) is 17.6. The fourth-order valence-electron chi connectivity index (χ4n) is 3.39. The number of hydrogen-bond acceptors (Lipinski definition) is 6. The highest BCUT2D eigenvalue weighted by Crippen LogP contribution is 2.40. The highest BCUT2D eigenvalue weighted by Gasteiger charge is 2.44.